The lowest BCUT2D eigenvalue weighted by atomic mass is 9.76. The maximum atomic E-state index is 12.3. The van der Waals surface area contributed by atoms with Crippen LogP contribution >= 0.6 is 0 Å². The van der Waals surface area contributed by atoms with Crippen LogP contribution in [0.3, 0.4) is 0 Å². The molecule has 1 saturated carbocycles. The molecule has 0 aliphatic heterocycles. The van der Waals surface area contributed by atoms with E-state index in [4.69, 9.17) is 5.26 Å². The van der Waals surface area contributed by atoms with Crippen LogP contribution in [0.15, 0.2) is 29.2 Å². The Bertz CT molecular complexity index is 575. The molecule has 1 aromatic carbocycles. The molecule has 0 aromatic heterocycles. The average molecular weight is 278 g/mol. The molecule has 0 heterocycles. The Morgan fingerprint density at radius 3 is 2.37 bits per heavy atom. The third-order valence-corrected chi connectivity index (χ3v) is 5.45. The number of hydrogen-bond acceptors (Lipinski definition) is 3. The molecule has 2 rings (SSSR count). The molecule has 1 aliphatic rings. The zero-order valence-electron chi connectivity index (χ0n) is 11.0. The highest BCUT2D eigenvalue weighted by Gasteiger charge is 2.38. The summed E-state index contributed by atoms with van der Waals surface area (Å²) in [6, 6.07) is 8.56. The molecule has 1 aromatic rings. The number of benzene rings is 1. The molecule has 1 aliphatic carbocycles. The Labute approximate surface area is 114 Å². The van der Waals surface area contributed by atoms with Gasteiger partial charge in [-0.25, -0.2) is 13.1 Å². The van der Waals surface area contributed by atoms with Crippen molar-refractivity contribution in [3.8, 4) is 6.07 Å². The van der Waals surface area contributed by atoms with Crippen molar-refractivity contribution in [2.45, 2.75) is 49.5 Å². The van der Waals surface area contributed by atoms with Crippen molar-refractivity contribution in [2.75, 3.05) is 0 Å². The molecule has 1 fully saturated rings. The monoisotopic (exact) mass is 278 g/mol. The molecule has 0 saturated heterocycles. The van der Waals surface area contributed by atoms with Crippen LogP contribution in [0.1, 0.15) is 38.2 Å². The quantitative estimate of drug-likeness (QED) is 0.899. The van der Waals surface area contributed by atoms with E-state index < -0.39 is 10.0 Å². The first-order valence-corrected chi connectivity index (χ1v) is 7.99. The second-order valence-corrected chi connectivity index (χ2v) is 6.75. The summed E-state index contributed by atoms with van der Waals surface area (Å²) in [5.74, 6) is 0. The fraction of sp³-hybridized carbons (Fsp3) is 0.500. The van der Waals surface area contributed by atoms with Gasteiger partial charge in [-0.05, 0) is 43.4 Å². The van der Waals surface area contributed by atoms with Crippen molar-refractivity contribution in [1.29, 1.82) is 5.26 Å². The van der Waals surface area contributed by atoms with Gasteiger partial charge in [0.15, 0.2) is 0 Å². The van der Waals surface area contributed by atoms with Crippen molar-refractivity contribution in [3.05, 3.63) is 29.8 Å². The van der Waals surface area contributed by atoms with Crippen molar-refractivity contribution >= 4 is 10.0 Å². The molecule has 4 nitrogen and oxygen atoms in total. The van der Waals surface area contributed by atoms with E-state index in [0.717, 1.165) is 31.2 Å². The first-order valence-electron chi connectivity index (χ1n) is 6.51. The Morgan fingerprint density at radius 2 is 1.95 bits per heavy atom. The van der Waals surface area contributed by atoms with E-state index in [1.165, 1.54) is 0 Å². The lowest BCUT2D eigenvalue weighted by Gasteiger charge is -2.41. The highest BCUT2D eigenvalue weighted by Crippen LogP contribution is 2.36. The standard InChI is InChI=1S/C14H18N2O2S/c1-2-14(9-3-10-14)16-19(17,18)13-6-4-12(5-7-13)8-11-15/h4-7,16H,2-3,8-10H2,1H3. The molecule has 0 amide bonds. The van der Waals surface area contributed by atoms with Crippen LogP contribution < -0.4 is 4.72 Å². The topological polar surface area (TPSA) is 70.0 Å². The molecule has 1 N–H and O–H groups in total. The number of hydrogen-bond donors (Lipinski definition) is 1. The smallest absolute Gasteiger partial charge is 0.207 e. The third-order valence-electron chi connectivity index (χ3n) is 3.86. The molecular formula is C14H18N2O2S. The second kappa shape index (κ2) is 5.32. The first-order chi connectivity index (χ1) is 9.01. The predicted octanol–water partition coefficient (Wildman–Crippen LogP) is 2.36. The summed E-state index contributed by atoms with van der Waals surface area (Å²) >= 11 is 0. The van der Waals surface area contributed by atoms with Crippen molar-refractivity contribution in [1.82, 2.24) is 4.72 Å². The van der Waals surface area contributed by atoms with Crippen LogP contribution in [0.25, 0.3) is 0 Å². The summed E-state index contributed by atoms with van der Waals surface area (Å²) in [6.45, 7) is 2.01. The molecule has 5 heteroatoms. The highest BCUT2D eigenvalue weighted by molar-refractivity contribution is 7.89. The predicted molar refractivity (Wildman–Crippen MR) is 73.0 cm³/mol. The summed E-state index contributed by atoms with van der Waals surface area (Å²) < 4.78 is 27.4. The van der Waals surface area contributed by atoms with Crippen LogP contribution in [-0.2, 0) is 16.4 Å². The minimum atomic E-state index is -3.46. The van der Waals surface area contributed by atoms with Gasteiger partial charge in [-0.3, -0.25) is 0 Å². The Hall–Kier alpha value is -1.38. The zero-order chi connectivity index (χ0) is 13.9. The van der Waals surface area contributed by atoms with Gasteiger partial charge in [0.05, 0.1) is 17.4 Å². The van der Waals surface area contributed by atoms with Gasteiger partial charge >= 0.3 is 0 Å². The molecule has 0 atom stereocenters. The van der Waals surface area contributed by atoms with Crippen molar-refractivity contribution in [2.24, 2.45) is 0 Å². The molecule has 0 spiro atoms. The van der Waals surface area contributed by atoms with E-state index in [0.29, 0.717) is 6.42 Å². The molecule has 0 bridgehead atoms. The van der Waals surface area contributed by atoms with Gasteiger partial charge < -0.3 is 0 Å². The fourth-order valence-electron chi connectivity index (χ4n) is 2.35. The number of sulfonamides is 1. The molecule has 102 valence electrons. The van der Waals surface area contributed by atoms with Crippen LogP contribution in [0, 0.1) is 11.3 Å². The lowest BCUT2D eigenvalue weighted by molar-refractivity contribution is 0.214. The van der Waals surface area contributed by atoms with E-state index in [-0.39, 0.29) is 10.4 Å². The van der Waals surface area contributed by atoms with Gasteiger partial charge in [0, 0.05) is 5.54 Å². The van der Waals surface area contributed by atoms with Crippen LogP contribution in [0.2, 0.25) is 0 Å². The summed E-state index contributed by atoms with van der Waals surface area (Å²) in [7, 11) is -3.46. The third kappa shape index (κ3) is 2.96. The molecule has 0 radical (unpaired) electrons. The maximum Gasteiger partial charge on any atom is 0.241 e. The Morgan fingerprint density at radius 1 is 1.32 bits per heavy atom. The number of rotatable bonds is 5. The minimum absolute atomic E-state index is 0.246. The maximum absolute atomic E-state index is 12.3. The van der Waals surface area contributed by atoms with Crippen LogP contribution in [-0.4, -0.2) is 14.0 Å². The van der Waals surface area contributed by atoms with Crippen LogP contribution in [0.4, 0.5) is 0 Å². The van der Waals surface area contributed by atoms with Gasteiger partial charge in [-0.15, -0.1) is 0 Å². The lowest BCUT2D eigenvalue weighted by Crippen LogP contribution is -2.52. The first kappa shape index (κ1) is 14.0. The van der Waals surface area contributed by atoms with Gasteiger partial charge in [-0.1, -0.05) is 19.1 Å². The number of nitrogens with zero attached hydrogens (tertiary/aromatic N) is 1. The number of nitrogens with one attached hydrogen (secondary N) is 1. The average Bonchev–Trinajstić information content (AvgIpc) is 2.35. The van der Waals surface area contributed by atoms with Gasteiger partial charge in [0.2, 0.25) is 10.0 Å². The molecule has 0 unspecified atom stereocenters. The zero-order valence-corrected chi connectivity index (χ0v) is 11.8. The molecular weight excluding hydrogens is 260 g/mol. The van der Waals surface area contributed by atoms with Gasteiger partial charge in [-0.2, -0.15) is 5.26 Å². The summed E-state index contributed by atoms with van der Waals surface area (Å²) in [6.07, 6.45) is 4.02. The van der Waals surface area contributed by atoms with E-state index in [1.807, 2.05) is 13.0 Å². The fourth-order valence-corrected chi connectivity index (χ4v) is 3.88. The van der Waals surface area contributed by atoms with Crippen LogP contribution in [0.5, 0.6) is 0 Å². The van der Waals surface area contributed by atoms with E-state index in [2.05, 4.69) is 4.72 Å². The molecule has 19 heavy (non-hydrogen) atoms. The number of nitriles is 1. The second-order valence-electron chi connectivity index (χ2n) is 5.07. The van der Waals surface area contributed by atoms with E-state index in [9.17, 15) is 8.42 Å². The van der Waals surface area contributed by atoms with Crippen molar-refractivity contribution < 1.29 is 8.42 Å². The minimum Gasteiger partial charge on any atom is -0.207 e. The summed E-state index contributed by atoms with van der Waals surface area (Å²) in [5, 5.41) is 8.59. The van der Waals surface area contributed by atoms with E-state index >= 15 is 0 Å². The largest absolute Gasteiger partial charge is 0.241 e. The van der Waals surface area contributed by atoms with Gasteiger partial charge in [0.1, 0.15) is 0 Å². The van der Waals surface area contributed by atoms with E-state index in [1.54, 1.807) is 24.3 Å². The highest BCUT2D eigenvalue weighted by atomic mass is 32.2. The Kier molecular flexibility index (Phi) is 3.93. The Balaban J connectivity index is 2.17. The summed E-state index contributed by atoms with van der Waals surface area (Å²) in [4.78, 5) is 0.272. The summed E-state index contributed by atoms with van der Waals surface area (Å²) in [5.41, 5.74) is 0.583. The van der Waals surface area contributed by atoms with Crippen molar-refractivity contribution in [3.63, 3.8) is 0 Å². The van der Waals surface area contributed by atoms with Gasteiger partial charge in [0.25, 0.3) is 0 Å². The normalized spacial score (nSPS) is 17.5. The SMILES string of the molecule is CCC1(NS(=O)(=O)c2ccc(CC#N)cc2)CCC1.